The highest BCUT2D eigenvalue weighted by atomic mass is 35.5. The van der Waals surface area contributed by atoms with Crippen molar-refractivity contribution in [3.63, 3.8) is 0 Å². The molecule has 1 heterocycles. The first kappa shape index (κ1) is 10.7. The molecule has 15 heavy (non-hydrogen) atoms. The number of hydrogen-bond donors (Lipinski definition) is 0. The molecular formula is C12H11ClNS. The Hall–Kier alpha value is -0.860. The van der Waals surface area contributed by atoms with Crippen molar-refractivity contribution in [2.24, 2.45) is 0 Å². The minimum atomic E-state index is 0.759. The molecule has 3 heteroatoms. The van der Waals surface area contributed by atoms with Gasteiger partial charge in [0, 0.05) is 15.5 Å². The van der Waals surface area contributed by atoms with Gasteiger partial charge in [-0.15, -0.1) is 11.3 Å². The van der Waals surface area contributed by atoms with Crippen LogP contribution in [0.3, 0.4) is 0 Å². The summed E-state index contributed by atoms with van der Waals surface area (Å²) in [7, 11) is 0. The lowest BCUT2D eigenvalue weighted by molar-refractivity contribution is 0.938. The summed E-state index contributed by atoms with van der Waals surface area (Å²) in [5.74, 6) is 0. The average molecular weight is 237 g/mol. The molecule has 1 aromatic heterocycles. The molecular weight excluding hydrogens is 226 g/mol. The maximum atomic E-state index is 5.85. The highest BCUT2D eigenvalue weighted by Crippen LogP contribution is 2.27. The minimum absolute atomic E-state index is 0.759. The van der Waals surface area contributed by atoms with Gasteiger partial charge in [0.1, 0.15) is 0 Å². The van der Waals surface area contributed by atoms with E-state index in [0.717, 1.165) is 29.1 Å². The normalized spacial score (nSPS) is 10.5. The molecule has 0 unspecified atom stereocenters. The second-order valence-electron chi connectivity index (χ2n) is 3.33. The number of rotatable bonds is 3. The summed E-state index contributed by atoms with van der Waals surface area (Å²) < 4.78 is 0. The monoisotopic (exact) mass is 236 g/mol. The van der Waals surface area contributed by atoms with Crippen molar-refractivity contribution in [1.29, 1.82) is 0 Å². The first-order chi connectivity index (χ1) is 7.31. The van der Waals surface area contributed by atoms with Crippen molar-refractivity contribution in [1.82, 2.24) is 4.98 Å². The summed E-state index contributed by atoms with van der Waals surface area (Å²) in [5, 5.41) is 0.759. The standard InChI is InChI=1S/C12H11ClNS/c1-2-3-11-12(14-8-15-11)9-4-6-10(13)7-5-9/h4-7H,2-3H2,1H3. The van der Waals surface area contributed by atoms with Crippen LogP contribution in [0.1, 0.15) is 18.2 Å². The molecule has 0 N–H and O–H groups in total. The molecule has 0 bridgehead atoms. The van der Waals surface area contributed by atoms with Crippen LogP contribution in [0.5, 0.6) is 0 Å². The van der Waals surface area contributed by atoms with E-state index in [0.29, 0.717) is 0 Å². The third kappa shape index (κ3) is 2.39. The predicted molar refractivity (Wildman–Crippen MR) is 65.4 cm³/mol. The van der Waals surface area contributed by atoms with E-state index in [9.17, 15) is 0 Å². The van der Waals surface area contributed by atoms with Crippen molar-refractivity contribution in [2.75, 3.05) is 0 Å². The predicted octanol–water partition coefficient (Wildman–Crippen LogP) is 4.22. The highest BCUT2D eigenvalue weighted by molar-refractivity contribution is 7.09. The van der Waals surface area contributed by atoms with Gasteiger partial charge in [0.25, 0.3) is 0 Å². The lowest BCUT2D eigenvalue weighted by Gasteiger charge is -2.01. The molecule has 0 fully saturated rings. The fourth-order valence-electron chi connectivity index (χ4n) is 1.46. The fourth-order valence-corrected chi connectivity index (χ4v) is 2.40. The van der Waals surface area contributed by atoms with Crippen LogP contribution in [0, 0.1) is 5.51 Å². The first-order valence-corrected chi connectivity index (χ1v) is 6.12. The number of nitrogens with zero attached hydrogens (tertiary/aromatic N) is 1. The van der Waals surface area contributed by atoms with Crippen molar-refractivity contribution >= 4 is 22.9 Å². The Morgan fingerprint density at radius 2 is 2.07 bits per heavy atom. The quantitative estimate of drug-likeness (QED) is 0.778. The maximum Gasteiger partial charge on any atom is 0.153 e. The topological polar surface area (TPSA) is 12.9 Å². The largest absolute Gasteiger partial charge is 0.233 e. The number of aryl methyl sites for hydroxylation is 1. The van der Waals surface area contributed by atoms with Gasteiger partial charge in [-0.3, -0.25) is 0 Å². The molecule has 0 saturated carbocycles. The Bertz CT molecular complexity index is 433. The Morgan fingerprint density at radius 1 is 1.33 bits per heavy atom. The number of halogens is 1. The fraction of sp³-hybridized carbons (Fsp3) is 0.250. The van der Waals surface area contributed by atoms with E-state index in [1.54, 1.807) is 11.3 Å². The highest BCUT2D eigenvalue weighted by Gasteiger charge is 2.07. The lowest BCUT2D eigenvalue weighted by atomic mass is 10.1. The van der Waals surface area contributed by atoms with Gasteiger partial charge in [-0.25, -0.2) is 4.98 Å². The number of benzene rings is 1. The Morgan fingerprint density at radius 3 is 2.73 bits per heavy atom. The van der Waals surface area contributed by atoms with E-state index in [4.69, 9.17) is 11.6 Å². The van der Waals surface area contributed by atoms with Crippen molar-refractivity contribution in [3.05, 3.63) is 39.7 Å². The number of aromatic nitrogens is 1. The Balaban J connectivity index is 2.36. The van der Waals surface area contributed by atoms with Gasteiger partial charge in [-0.1, -0.05) is 37.1 Å². The summed E-state index contributed by atoms with van der Waals surface area (Å²) in [6.45, 7) is 2.17. The van der Waals surface area contributed by atoms with E-state index in [2.05, 4.69) is 17.4 Å². The summed E-state index contributed by atoms with van der Waals surface area (Å²) in [6.07, 6.45) is 2.20. The van der Waals surface area contributed by atoms with Gasteiger partial charge in [-0.05, 0) is 18.6 Å². The molecule has 0 atom stereocenters. The molecule has 77 valence electrons. The second kappa shape index (κ2) is 4.77. The van der Waals surface area contributed by atoms with Gasteiger partial charge in [-0.2, -0.15) is 0 Å². The third-order valence-corrected chi connectivity index (χ3v) is 3.26. The van der Waals surface area contributed by atoms with Crippen LogP contribution in [-0.2, 0) is 6.42 Å². The maximum absolute atomic E-state index is 5.85. The van der Waals surface area contributed by atoms with E-state index in [-0.39, 0.29) is 0 Å². The van der Waals surface area contributed by atoms with Gasteiger partial charge >= 0.3 is 0 Å². The minimum Gasteiger partial charge on any atom is -0.233 e. The van der Waals surface area contributed by atoms with Gasteiger partial charge in [0.15, 0.2) is 5.51 Å². The molecule has 0 aliphatic rings. The SMILES string of the molecule is CCCc1s[c]nc1-c1ccc(Cl)cc1. The average Bonchev–Trinajstić information content (AvgIpc) is 2.68. The molecule has 0 aliphatic heterocycles. The second-order valence-corrected chi connectivity index (χ2v) is 4.65. The molecule has 2 aromatic rings. The molecule has 2 rings (SSSR count). The van der Waals surface area contributed by atoms with E-state index >= 15 is 0 Å². The van der Waals surface area contributed by atoms with Crippen LogP contribution >= 0.6 is 22.9 Å². The summed E-state index contributed by atoms with van der Waals surface area (Å²) in [6, 6.07) is 7.80. The van der Waals surface area contributed by atoms with Crippen molar-refractivity contribution < 1.29 is 0 Å². The summed E-state index contributed by atoms with van der Waals surface area (Å²) in [5.41, 5.74) is 5.13. The third-order valence-electron chi connectivity index (χ3n) is 2.19. The Labute approximate surface area is 98.7 Å². The number of thiazole rings is 1. The zero-order valence-corrected chi connectivity index (χ0v) is 10.0. The zero-order chi connectivity index (χ0) is 10.7. The van der Waals surface area contributed by atoms with E-state index in [1.165, 1.54) is 4.88 Å². The van der Waals surface area contributed by atoms with Crippen LogP contribution in [0.25, 0.3) is 11.3 Å². The molecule has 0 amide bonds. The molecule has 0 spiro atoms. The summed E-state index contributed by atoms with van der Waals surface area (Å²) >= 11 is 7.45. The first-order valence-electron chi connectivity index (χ1n) is 4.93. The molecule has 1 aromatic carbocycles. The van der Waals surface area contributed by atoms with Crippen LogP contribution < -0.4 is 0 Å². The van der Waals surface area contributed by atoms with Crippen molar-refractivity contribution in [3.8, 4) is 11.3 Å². The molecule has 1 nitrogen and oxygen atoms in total. The number of hydrogen-bond acceptors (Lipinski definition) is 2. The van der Waals surface area contributed by atoms with Gasteiger partial charge in [0.05, 0.1) is 5.69 Å². The van der Waals surface area contributed by atoms with Crippen molar-refractivity contribution in [2.45, 2.75) is 19.8 Å². The van der Waals surface area contributed by atoms with Crippen LogP contribution in [0.4, 0.5) is 0 Å². The van der Waals surface area contributed by atoms with Gasteiger partial charge < -0.3 is 0 Å². The smallest absolute Gasteiger partial charge is 0.153 e. The van der Waals surface area contributed by atoms with Crippen LogP contribution in [0.15, 0.2) is 24.3 Å². The van der Waals surface area contributed by atoms with E-state index in [1.807, 2.05) is 24.3 Å². The van der Waals surface area contributed by atoms with Crippen LogP contribution in [0.2, 0.25) is 5.02 Å². The molecule has 1 radical (unpaired) electrons. The summed E-state index contributed by atoms with van der Waals surface area (Å²) in [4.78, 5) is 5.59. The van der Waals surface area contributed by atoms with Gasteiger partial charge in [0.2, 0.25) is 0 Å². The molecule has 0 aliphatic carbocycles. The lowest BCUT2D eigenvalue weighted by Crippen LogP contribution is -1.84. The van der Waals surface area contributed by atoms with E-state index < -0.39 is 0 Å². The van der Waals surface area contributed by atoms with Crippen LogP contribution in [-0.4, -0.2) is 4.98 Å². The molecule has 0 saturated heterocycles. The zero-order valence-electron chi connectivity index (χ0n) is 8.46. The Kier molecular flexibility index (Phi) is 3.39.